The third-order valence-corrected chi connectivity index (χ3v) is 18.9. The Morgan fingerprint density at radius 2 is 0.916 bits per heavy atom. The van der Waals surface area contributed by atoms with Crippen LogP contribution in [-0.4, -0.2) is 141 Å². The molecule has 0 aromatic heterocycles. The van der Waals surface area contributed by atoms with Crippen molar-refractivity contribution in [2.75, 3.05) is 64.4 Å². The Balaban J connectivity index is 0.000000213. The monoisotopic (exact) mass is 1490 g/mol. The van der Waals surface area contributed by atoms with Gasteiger partial charge in [-0.05, 0) is 109 Å². The molecule has 2 heterocycles. The van der Waals surface area contributed by atoms with Crippen molar-refractivity contribution in [3.63, 3.8) is 0 Å². The van der Waals surface area contributed by atoms with Crippen molar-refractivity contribution in [2.24, 2.45) is 17.6 Å². The van der Waals surface area contributed by atoms with Crippen molar-refractivity contribution in [2.45, 2.75) is 153 Å². The number of hydrogen-bond acceptors (Lipinski definition) is 18. The first kappa shape index (κ1) is 82.7. The van der Waals surface area contributed by atoms with E-state index in [1.165, 1.54) is 44.9 Å². The Bertz CT molecular complexity index is 3840. The van der Waals surface area contributed by atoms with Gasteiger partial charge in [0, 0.05) is 88.0 Å². The summed E-state index contributed by atoms with van der Waals surface area (Å²) in [5, 5.41) is 19.1. The fourth-order valence-electron chi connectivity index (χ4n) is 13.3. The van der Waals surface area contributed by atoms with Crippen LogP contribution < -0.4 is 35.9 Å². The zero-order valence-electron chi connectivity index (χ0n) is 60.8. The highest BCUT2D eigenvalue weighted by Gasteiger charge is 2.46. The number of halogens is 1. The highest BCUT2D eigenvalue weighted by molar-refractivity contribution is 5.95. The number of amides is 5. The number of anilines is 2. The van der Waals surface area contributed by atoms with E-state index in [0.29, 0.717) is 102 Å². The molecule has 5 amide bonds. The average molecular weight is 1490 g/mol. The maximum absolute atomic E-state index is 14.2. The SMILES string of the molecule is COC(=O)[C@@H]1C[C@@H](OCCCOCc2ccccc2)CN1C(=O)[C@@H](N)C1CCCCC1.COC(=O)[C@@H]1C[C@@H](OCCCOCc2ccccc2)CN1C(=O)[C@@H](NC(=O)Nc1cccc(OCc2ccccc2)c1)C1CCCCC1.Cl.O=C(Nc1cccc(OCc2ccccc2)c1)Oc1ccc([N+](=O)[O-])cc1. The van der Waals surface area contributed by atoms with Crippen LogP contribution in [0, 0.1) is 22.0 Å². The molecule has 25 heteroatoms. The van der Waals surface area contributed by atoms with Crippen molar-refractivity contribution in [3.8, 4) is 17.2 Å². The minimum atomic E-state index is -0.792. The van der Waals surface area contributed by atoms with Crippen LogP contribution in [-0.2, 0) is 74.0 Å². The lowest BCUT2D eigenvalue weighted by atomic mass is 9.83. The molecule has 2 aliphatic carbocycles. The number of hydrogen-bond donors (Lipinski definition) is 4. The van der Waals surface area contributed by atoms with Gasteiger partial charge in [-0.3, -0.25) is 25.0 Å². The number of urea groups is 1. The number of nitro groups is 1. The molecule has 24 nitrogen and oxygen atoms in total. The maximum Gasteiger partial charge on any atom is 0.417 e. The first-order valence-electron chi connectivity index (χ1n) is 36.5. The van der Waals surface area contributed by atoms with E-state index in [1.807, 2.05) is 127 Å². The number of nitrogens with one attached hydrogen (secondary N) is 3. The molecule has 2 saturated heterocycles. The van der Waals surface area contributed by atoms with E-state index in [4.69, 9.17) is 48.4 Å². The third kappa shape index (κ3) is 27.4. The van der Waals surface area contributed by atoms with Crippen molar-refractivity contribution in [1.29, 1.82) is 0 Å². The fourth-order valence-corrected chi connectivity index (χ4v) is 13.3. The lowest BCUT2D eigenvalue weighted by Crippen LogP contribution is -2.56. The van der Waals surface area contributed by atoms with E-state index >= 15 is 0 Å². The zero-order chi connectivity index (χ0) is 74.7. The zero-order valence-corrected chi connectivity index (χ0v) is 61.6. The molecule has 6 atom stereocenters. The third-order valence-electron chi connectivity index (χ3n) is 18.9. The summed E-state index contributed by atoms with van der Waals surface area (Å²) in [5.41, 5.74) is 11.6. The average Bonchev–Trinajstić information content (AvgIpc) is 1.69. The number of carbonyl (C=O) groups excluding carboxylic acids is 6. The second-order valence-electron chi connectivity index (χ2n) is 26.6. The largest absolute Gasteiger partial charge is 0.489 e. The molecular formula is C82H100ClN7O17. The smallest absolute Gasteiger partial charge is 0.417 e. The normalized spacial score (nSPS) is 17.5. The Morgan fingerprint density at radius 1 is 0.495 bits per heavy atom. The number of nitrogens with two attached hydrogens (primary N) is 1. The van der Waals surface area contributed by atoms with Crippen LogP contribution in [0.3, 0.4) is 0 Å². The molecule has 4 aliphatic rings. The molecule has 7 aromatic carbocycles. The second-order valence-corrected chi connectivity index (χ2v) is 26.6. The van der Waals surface area contributed by atoms with Gasteiger partial charge in [0.15, 0.2) is 0 Å². The van der Waals surface area contributed by atoms with Gasteiger partial charge in [-0.1, -0.05) is 172 Å². The number of ether oxygens (including phenoxy) is 9. The quantitative estimate of drug-likeness (QED) is 0.0136. The van der Waals surface area contributed by atoms with Gasteiger partial charge in [-0.25, -0.2) is 19.2 Å². The minimum Gasteiger partial charge on any atom is -0.489 e. The number of likely N-dealkylation sites (tertiary alicyclic amines) is 2. The predicted octanol–water partition coefficient (Wildman–Crippen LogP) is 14.0. The van der Waals surface area contributed by atoms with Crippen molar-refractivity contribution < 1.29 is 76.3 Å². The van der Waals surface area contributed by atoms with Gasteiger partial charge in [-0.15, -0.1) is 12.4 Å². The Morgan fingerprint density at radius 3 is 1.36 bits per heavy atom. The predicted molar refractivity (Wildman–Crippen MR) is 407 cm³/mol. The number of methoxy groups -OCH3 is 2. The van der Waals surface area contributed by atoms with Crippen LogP contribution in [0.15, 0.2) is 194 Å². The molecule has 5 N–H and O–H groups in total. The Kier molecular flexibility index (Phi) is 34.7. The van der Waals surface area contributed by atoms with E-state index in [1.54, 1.807) is 52.3 Å². The van der Waals surface area contributed by atoms with E-state index in [2.05, 4.69) is 16.0 Å². The van der Waals surface area contributed by atoms with E-state index in [9.17, 15) is 38.9 Å². The number of carbonyl (C=O) groups is 6. The van der Waals surface area contributed by atoms with Crippen molar-refractivity contribution in [3.05, 3.63) is 226 Å². The summed E-state index contributed by atoms with van der Waals surface area (Å²) in [7, 11) is 2.68. The molecular weight excluding hydrogens is 1390 g/mol. The summed E-state index contributed by atoms with van der Waals surface area (Å²) >= 11 is 0. The molecule has 107 heavy (non-hydrogen) atoms. The number of benzene rings is 7. The fraction of sp³-hybridized carbons (Fsp3) is 0.415. The van der Waals surface area contributed by atoms with Crippen LogP contribution >= 0.6 is 12.4 Å². The van der Waals surface area contributed by atoms with Gasteiger partial charge in [0.2, 0.25) is 11.8 Å². The van der Waals surface area contributed by atoms with E-state index in [0.717, 1.165) is 86.5 Å². The Hall–Kier alpha value is -9.95. The first-order valence-corrected chi connectivity index (χ1v) is 36.5. The van der Waals surface area contributed by atoms with Crippen LogP contribution in [0.25, 0.3) is 0 Å². The number of nitro benzene ring substituents is 1. The maximum atomic E-state index is 14.2. The lowest BCUT2D eigenvalue weighted by molar-refractivity contribution is -0.384. The van der Waals surface area contributed by atoms with Crippen molar-refractivity contribution in [1.82, 2.24) is 15.1 Å². The van der Waals surface area contributed by atoms with Crippen LogP contribution in [0.5, 0.6) is 17.2 Å². The Labute approximate surface area is 632 Å². The molecule has 7 aromatic rings. The first-order chi connectivity index (χ1) is 51.7. The van der Waals surface area contributed by atoms with Crippen LogP contribution in [0.1, 0.15) is 112 Å². The molecule has 4 fully saturated rings. The molecule has 2 aliphatic heterocycles. The molecule has 0 unspecified atom stereocenters. The summed E-state index contributed by atoms with van der Waals surface area (Å²) in [6, 6.07) is 55.7. The highest BCUT2D eigenvalue weighted by atomic mass is 35.5. The molecule has 0 bridgehead atoms. The van der Waals surface area contributed by atoms with Gasteiger partial charge < -0.3 is 68.8 Å². The topological polar surface area (TPSA) is 297 Å². The second kappa shape index (κ2) is 44.9. The highest BCUT2D eigenvalue weighted by Crippen LogP contribution is 2.33. The number of non-ortho nitro benzene ring substituents is 1. The number of nitrogens with zero attached hydrogens (tertiary/aromatic N) is 3. The van der Waals surface area contributed by atoms with Gasteiger partial charge in [0.05, 0.1) is 50.6 Å². The standard InChI is InChI=1S/C38H47N3O7.C24H36N2O5.C20H16N2O5.ClH/c1-45-37(43)34-24-33(47-22-12-21-46-26-28-13-5-2-6-14-28)25-41(34)36(42)35(30-17-9-4-10-18-30)40-38(44)39-31-19-11-20-32(23-31)48-27-29-15-7-3-8-16-29;1-29-24(28)21-15-20(31-14-8-13-30-17-18-9-4-2-5-10-18)16-26(21)23(27)22(25)19-11-6-3-7-12-19;23-20(27-18-11-9-17(10-12-18)22(24)25)21-16-7-4-8-19(13-16)26-14-15-5-2-1-3-6-15;/h2-3,5-8,11,13-16,19-20,23,30,33-35H,4,9-10,12,17-18,21-22,24-27H2,1H3,(H2,39,40,44);2,4-5,9-10,19-22H,3,6-8,11-17,25H2,1H3;1-13H,14H2,(H,21,23);1H/t33-,34+,35+;20-,21+,22+;;/m11../s1. The number of rotatable bonds is 31. The van der Waals surface area contributed by atoms with Crippen molar-refractivity contribution >= 4 is 65.3 Å². The van der Waals surface area contributed by atoms with Crippen LogP contribution in [0.4, 0.5) is 26.7 Å². The van der Waals surface area contributed by atoms with E-state index < -0.39 is 53.2 Å². The molecule has 572 valence electrons. The summed E-state index contributed by atoms with van der Waals surface area (Å²) in [6.45, 7) is 4.65. The van der Waals surface area contributed by atoms with Gasteiger partial charge in [0.25, 0.3) is 5.69 Å². The summed E-state index contributed by atoms with van der Waals surface area (Å²) in [6.07, 6.45) is 11.1. The number of esters is 2. The molecule has 2 saturated carbocycles. The van der Waals surface area contributed by atoms with Gasteiger partial charge in [-0.2, -0.15) is 0 Å². The van der Waals surface area contributed by atoms with Gasteiger partial charge >= 0.3 is 24.1 Å². The van der Waals surface area contributed by atoms with E-state index in [-0.39, 0.29) is 66.2 Å². The summed E-state index contributed by atoms with van der Waals surface area (Å²) < 4.78 is 50.3. The molecule has 11 rings (SSSR count). The van der Waals surface area contributed by atoms with Gasteiger partial charge in [0.1, 0.15) is 48.6 Å². The minimum absolute atomic E-state index is 0. The molecule has 0 spiro atoms. The summed E-state index contributed by atoms with van der Waals surface area (Å²) in [5.74, 6) is 0.245. The summed E-state index contributed by atoms with van der Waals surface area (Å²) in [4.78, 5) is 91.0. The lowest BCUT2D eigenvalue weighted by Gasteiger charge is -2.34. The molecule has 0 radical (unpaired) electrons. The van der Waals surface area contributed by atoms with Crippen LogP contribution in [0.2, 0.25) is 0 Å².